The number of carbonyl (C=O) groups excluding carboxylic acids is 2. The first-order valence-corrected chi connectivity index (χ1v) is 8.54. The van der Waals surface area contributed by atoms with Gasteiger partial charge in [-0.15, -0.1) is 0 Å². The normalized spacial score (nSPS) is 21.7. The van der Waals surface area contributed by atoms with Gasteiger partial charge in [-0.1, -0.05) is 24.8 Å². The van der Waals surface area contributed by atoms with Crippen molar-refractivity contribution in [3.8, 4) is 5.75 Å². The van der Waals surface area contributed by atoms with Crippen LogP contribution >= 0.6 is 0 Å². The number of benzene rings is 1. The molecule has 1 aliphatic carbocycles. The van der Waals surface area contributed by atoms with Crippen LogP contribution < -0.4 is 10.1 Å². The van der Waals surface area contributed by atoms with E-state index >= 15 is 0 Å². The first-order chi connectivity index (χ1) is 11.6. The predicted molar refractivity (Wildman–Crippen MR) is 91.6 cm³/mol. The Hall–Kier alpha value is -2.30. The summed E-state index contributed by atoms with van der Waals surface area (Å²) in [5.41, 5.74) is -0.374. The number of para-hydroxylation sites is 1. The van der Waals surface area contributed by atoms with E-state index in [4.69, 9.17) is 4.74 Å². The molecule has 0 aromatic heterocycles. The van der Waals surface area contributed by atoms with Crippen molar-refractivity contribution in [3.05, 3.63) is 43.0 Å². The molecule has 1 saturated carbocycles. The van der Waals surface area contributed by atoms with Crippen LogP contribution in [0.4, 0.5) is 0 Å². The van der Waals surface area contributed by atoms with Crippen molar-refractivity contribution in [2.75, 3.05) is 13.1 Å². The average molecular weight is 328 g/mol. The highest BCUT2D eigenvalue weighted by molar-refractivity contribution is 5.88. The van der Waals surface area contributed by atoms with Crippen LogP contribution in [0.25, 0.3) is 0 Å². The molecule has 1 heterocycles. The molecule has 2 aliphatic rings. The number of nitrogens with zero attached hydrogens (tertiary/aromatic N) is 1. The minimum atomic E-state index is -0.374. The van der Waals surface area contributed by atoms with Gasteiger partial charge in [-0.25, -0.2) is 0 Å². The van der Waals surface area contributed by atoms with Gasteiger partial charge in [0.1, 0.15) is 11.9 Å². The molecule has 0 spiro atoms. The van der Waals surface area contributed by atoms with Gasteiger partial charge < -0.3 is 15.0 Å². The number of carbonyl (C=O) groups is 2. The quantitative estimate of drug-likeness (QED) is 0.815. The topological polar surface area (TPSA) is 58.6 Å². The minimum absolute atomic E-state index is 0.0384. The highest BCUT2D eigenvalue weighted by Crippen LogP contribution is 2.36. The molecule has 0 radical (unpaired) electrons. The fourth-order valence-corrected chi connectivity index (χ4v) is 3.41. The van der Waals surface area contributed by atoms with Gasteiger partial charge in [-0.05, 0) is 37.5 Å². The van der Waals surface area contributed by atoms with Crippen LogP contribution in [-0.4, -0.2) is 41.4 Å². The first kappa shape index (κ1) is 16.6. The van der Waals surface area contributed by atoms with Gasteiger partial charge in [0.2, 0.25) is 11.8 Å². The SMILES string of the molecule is C=CC(=O)NC1(CC(=O)N2CC[C@@H](Oc3ccccc3)C2)CCC1. The molecule has 2 fully saturated rings. The Kier molecular flexibility index (Phi) is 4.88. The third-order valence-electron chi connectivity index (χ3n) is 4.92. The molecular formula is C19H24N2O3. The molecule has 1 N–H and O–H groups in total. The second-order valence-electron chi connectivity index (χ2n) is 6.69. The summed E-state index contributed by atoms with van der Waals surface area (Å²) in [6.45, 7) is 4.81. The Balaban J connectivity index is 1.52. The molecule has 1 aromatic carbocycles. The first-order valence-electron chi connectivity index (χ1n) is 8.54. The zero-order valence-corrected chi connectivity index (χ0v) is 13.9. The monoisotopic (exact) mass is 328 g/mol. The van der Waals surface area contributed by atoms with E-state index in [1.165, 1.54) is 6.08 Å². The van der Waals surface area contributed by atoms with Crippen LogP contribution in [-0.2, 0) is 9.59 Å². The van der Waals surface area contributed by atoms with Crippen molar-refractivity contribution >= 4 is 11.8 Å². The van der Waals surface area contributed by atoms with E-state index in [1.54, 1.807) is 0 Å². The van der Waals surface area contributed by atoms with Crippen molar-refractivity contribution in [2.45, 2.75) is 43.7 Å². The lowest BCUT2D eigenvalue weighted by atomic mass is 9.74. The summed E-state index contributed by atoms with van der Waals surface area (Å²) < 4.78 is 5.93. The van der Waals surface area contributed by atoms with Crippen LogP contribution in [0.15, 0.2) is 43.0 Å². The molecule has 128 valence electrons. The maximum Gasteiger partial charge on any atom is 0.243 e. The molecule has 5 heteroatoms. The maximum atomic E-state index is 12.6. The van der Waals surface area contributed by atoms with E-state index in [0.717, 1.165) is 31.4 Å². The minimum Gasteiger partial charge on any atom is -0.489 e. The highest BCUT2D eigenvalue weighted by Gasteiger charge is 2.41. The molecule has 5 nitrogen and oxygen atoms in total. The Bertz CT molecular complexity index is 610. The second-order valence-corrected chi connectivity index (χ2v) is 6.69. The van der Waals surface area contributed by atoms with Crippen LogP contribution in [0.5, 0.6) is 5.75 Å². The number of nitrogens with one attached hydrogen (secondary N) is 1. The smallest absolute Gasteiger partial charge is 0.243 e. The van der Waals surface area contributed by atoms with Gasteiger partial charge in [0.05, 0.1) is 6.54 Å². The zero-order chi connectivity index (χ0) is 17.0. The molecule has 3 rings (SSSR count). The van der Waals surface area contributed by atoms with Crippen molar-refractivity contribution in [2.24, 2.45) is 0 Å². The van der Waals surface area contributed by atoms with Crippen molar-refractivity contribution in [1.82, 2.24) is 10.2 Å². The highest BCUT2D eigenvalue weighted by atomic mass is 16.5. The third-order valence-corrected chi connectivity index (χ3v) is 4.92. The molecule has 0 bridgehead atoms. The van der Waals surface area contributed by atoms with Crippen LogP contribution in [0.1, 0.15) is 32.1 Å². The Morgan fingerprint density at radius 1 is 1.33 bits per heavy atom. The molecule has 1 saturated heterocycles. The van der Waals surface area contributed by atoms with E-state index in [9.17, 15) is 9.59 Å². The summed E-state index contributed by atoms with van der Waals surface area (Å²) in [7, 11) is 0. The summed E-state index contributed by atoms with van der Waals surface area (Å²) in [4.78, 5) is 26.1. The van der Waals surface area contributed by atoms with Gasteiger partial charge in [0, 0.05) is 24.9 Å². The van der Waals surface area contributed by atoms with E-state index in [1.807, 2.05) is 35.2 Å². The predicted octanol–water partition coefficient (Wildman–Crippen LogP) is 2.28. The maximum absolute atomic E-state index is 12.6. The lowest BCUT2D eigenvalue weighted by Crippen LogP contribution is -2.55. The Morgan fingerprint density at radius 2 is 2.08 bits per heavy atom. The summed E-state index contributed by atoms with van der Waals surface area (Å²) in [5.74, 6) is 0.734. The number of rotatable bonds is 6. The molecule has 1 atom stereocenters. The number of hydrogen-bond acceptors (Lipinski definition) is 3. The Labute approximate surface area is 142 Å². The summed E-state index contributed by atoms with van der Waals surface area (Å²) in [6.07, 6.45) is 5.27. The largest absolute Gasteiger partial charge is 0.489 e. The van der Waals surface area contributed by atoms with Gasteiger partial charge in [0.15, 0.2) is 0 Å². The number of hydrogen-bond donors (Lipinski definition) is 1. The van der Waals surface area contributed by atoms with E-state index in [0.29, 0.717) is 19.5 Å². The number of amides is 2. The molecule has 24 heavy (non-hydrogen) atoms. The number of ether oxygens (including phenoxy) is 1. The zero-order valence-electron chi connectivity index (χ0n) is 13.9. The van der Waals surface area contributed by atoms with E-state index in [-0.39, 0.29) is 23.5 Å². The second kappa shape index (κ2) is 7.07. The lowest BCUT2D eigenvalue weighted by Gasteiger charge is -2.42. The van der Waals surface area contributed by atoms with Crippen LogP contribution in [0, 0.1) is 0 Å². The van der Waals surface area contributed by atoms with Gasteiger partial charge in [-0.3, -0.25) is 9.59 Å². The fourth-order valence-electron chi connectivity index (χ4n) is 3.41. The standard InChI is InChI=1S/C19H24N2O3/c1-2-17(22)20-19(10-6-11-19)13-18(23)21-12-9-16(14-21)24-15-7-4-3-5-8-15/h2-5,7-8,16H,1,6,9-14H2,(H,20,22)/t16-/m1/s1. The van der Waals surface area contributed by atoms with Crippen molar-refractivity contribution in [3.63, 3.8) is 0 Å². The molecule has 0 unspecified atom stereocenters. The van der Waals surface area contributed by atoms with E-state index in [2.05, 4.69) is 11.9 Å². The lowest BCUT2D eigenvalue weighted by molar-refractivity contribution is -0.133. The van der Waals surface area contributed by atoms with Crippen LogP contribution in [0.3, 0.4) is 0 Å². The van der Waals surface area contributed by atoms with Crippen molar-refractivity contribution in [1.29, 1.82) is 0 Å². The molecular weight excluding hydrogens is 304 g/mol. The molecule has 2 amide bonds. The summed E-state index contributed by atoms with van der Waals surface area (Å²) in [6, 6.07) is 9.69. The summed E-state index contributed by atoms with van der Waals surface area (Å²) in [5, 5.41) is 2.95. The van der Waals surface area contributed by atoms with Crippen molar-refractivity contribution < 1.29 is 14.3 Å². The third kappa shape index (κ3) is 3.78. The fraction of sp³-hybridized carbons (Fsp3) is 0.474. The van der Waals surface area contributed by atoms with Crippen LogP contribution in [0.2, 0.25) is 0 Å². The molecule has 1 aliphatic heterocycles. The molecule has 1 aromatic rings. The Morgan fingerprint density at radius 3 is 2.71 bits per heavy atom. The van der Waals surface area contributed by atoms with Gasteiger partial charge >= 0.3 is 0 Å². The number of likely N-dealkylation sites (tertiary alicyclic amines) is 1. The summed E-state index contributed by atoms with van der Waals surface area (Å²) >= 11 is 0. The van der Waals surface area contributed by atoms with Gasteiger partial charge in [-0.2, -0.15) is 0 Å². The van der Waals surface area contributed by atoms with E-state index < -0.39 is 0 Å². The average Bonchev–Trinajstić information content (AvgIpc) is 3.02. The van der Waals surface area contributed by atoms with Gasteiger partial charge in [0.25, 0.3) is 0 Å².